The van der Waals surface area contributed by atoms with Crippen molar-refractivity contribution in [2.45, 2.75) is 70.9 Å². The van der Waals surface area contributed by atoms with Gasteiger partial charge in [0.15, 0.2) is 0 Å². The Labute approximate surface area is 129 Å². The second-order valence-corrected chi connectivity index (χ2v) is 6.63. The van der Waals surface area contributed by atoms with Gasteiger partial charge in [-0.05, 0) is 38.1 Å². The summed E-state index contributed by atoms with van der Waals surface area (Å²) in [7, 11) is 0. The van der Waals surface area contributed by atoms with E-state index in [0.717, 1.165) is 19.4 Å². The van der Waals surface area contributed by atoms with Crippen molar-refractivity contribution >= 4 is 5.91 Å². The van der Waals surface area contributed by atoms with Gasteiger partial charge in [0.2, 0.25) is 5.91 Å². The predicted molar refractivity (Wildman–Crippen MR) is 85.2 cm³/mol. The SMILES string of the molecule is CCCNC1COCC1C(=O)NC(CC)C1CCCCC1. The van der Waals surface area contributed by atoms with Gasteiger partial charge in [-0.1, -0.05) is 33.1 Å². The van der Waals surface area contributed by atoms with E-state index in [-0.39, 0.29) is 17.9 Å². The Morgan fingerprint density at radius 3 is 2.62 bits per heavy atom. The van der Waals surface area contributed by atoms with E-state index < -0.39 is 0 Å². The maximum absolute atomic E-state index is 12.6. The van der Waals surface area contributed by atoms with Crippen LogP contribution in [0.5, 0.6) is 0 Å². The second kappa shape index (κ2) is 8.74. The number of rotatable bonds is 7. The van der Waals surface area contributed by atoms with Crippen LogP contribution in [0, 0.1) is 11.8 Å². The van der Waals surface area contributed by atoms with Crippen LogP contribution in [0.2, 0.25) is 0 Å². The number of ether oxygens (including phenoxy) is 1. The Balaban J connectivity index is 1.85. The van der Waals surface area contributed by atoms with Crippen molar-refractivity contribution < 1.29 is 9.53 Å². The lowest BCUT2D eigenvalue weighted by atomic mass is 9.82. The first kappa shape index (κ1) is 16.8. The van der Waals surface area contributed by atoms with Crippen molar-refractivity contribution in [3.63, 3.8) is 0 Å². The van der Waals surface area contributed by atoms with E-state index in [9.17, 15) is 4.79 Å². The molecule has 0 bridgehead atoms. The number of hydrogen-bond donors (Lipinski definition) is 2. The minimum Gasteiger partial charge on any atom is -0.379 e. The van der Waals surface area contributed by atoms with Crippen molar-refractivity contribution in [3.05, 3.63) is 0 Å². The third-order valence-electron chi connectivity index (χ3n) is 5.06. The highest BCUT2D eigenvalue weighted by Gasteiger charge is 2.35. The van der Waals surface area contributed by atoms with Gasteiger partial charge < -0.3 is 15.4 Å². The zero-order chi connectivity index (χ0) is 15.1. The van der Waals surface area contributed by atoms with Gasteiger partial charge in [0, 0.05) is 12.1 Å². The first-order valence-corrected chi connectivity index (χ1v) is 8.87. The summed E-state index contributed by atoms with van der Waals surface area (Å²) in [5.74, 6) is 0.852. The molecule has 1 amide bonds. The molecule has 1 aliphatic heterocycles. The Bertz CT molecular complexity index is 316. The Morgan fingerprint density at radius 1 is 1.19 bits per heavy atom. The third-order valence-corrected chi connectivity index (χ3v) is 5.06. The number of hydrogen-bond acceptors (Lipinski definition) is 3. The van der Waals surface area contributed by atoms with E-state index in [1.54, 1.807) is 0 Å². The summed E-state index contributed by atoms with van der Waals surface area (Å²) < 4.78 is 5.53. The summed E-state index contributed by atoms with van der Waals surface area (Å²) in [6.45, 7) is 6.52. The maximum atomic E-state index is 12.6. The smallest absolute Gasteiger partial charge is 0.227 e. The van der Waals surface area contributed by atoms with Crippen LogP contribution in [-0.4, -0.2) is 37.7 Å². The van der Waals surface area contributed by atoms with Gasteiger partial charge >= 0.3 is 0 Å². The zero-order valence-corrected chi connectivity index (χ0v) is 13.7. The van der Waals surface area contributed by atoms with Crippen LogP contribution in [0.15, 0.2) is 0 Å². The summed E-state index contributed by atoms with van der Waals surface area (Å²) in [6.07, 6.45) is 8.69. The summed E-state index contributed by atoms with van der Waals surface area (Å²) in [4.78, 5) is 12.6. The highest BCUT2D eigenvalue weighted by atomic mass is 16.5. The van der Waals surface area contributed by atoms with Crippen LogP contribution in [0.3, 0.4) is 0 Å². The van der Waals surface area contributed by atoms with Gasteiger partial charge in [0.05, 0.1) is 19.1 Å². The van der Waals surface area contributed by atoms with Crippen molar-refractivity contribution in [1.82, 2.24) is 10.6 Å². The van der Waals surface area contributed by atoms with E-state index in [4.69, 9.17) is 4.74 Å². The first-order valence-electron chi connectivity index (χ1n) is 8.87. The highest BCUT2D eigenvalue weighted by Crippen LogP contribution is 2.28. The van der Waals surface area contributed by atoms with Gasteiger partial charge in [-0.3, -0.25) is 4.79 Å². The third kappa shape index (κ3) is 4.68. The lowest BCUT2D eigenvalue weighted by Crippen LogP contribution is -2.49. The van der Waals surface area contributed by atoms with Crippen LogP contribution < -0.4 is 10.6 Å². The van der Waals surface area contributed by atoms with E-state index in [1.165, 1.54) is 32.1 Å². The maximum Gasteiger partial charge on any atom is 0.227 e. The predicted octanol–water partition coefficient (Wildman–Crippen LogP) is 2.48. The molecule has 4 heteroatoms. The van der Waals surface area contributed by atoms with E-state index in [1.807, 2.05) is 0 Å². The van der Waals surface area contributed by atoms with Gasteiger partial charge in [-0.2, -0.15) is 0 Å². The fourth-order valence-electron chi connectivity index (χ4n) is 3.72. The minimum atomic E-state index is -0.0193. The zero-order valence-electron chi connectivity index (χ0n) is 13.7. The topological polar surface area (TPSA) is 50.4 Å². The van der Waals surface area contributed by atoms with Gasteiger partial charge in [-0.15, -0.1) is 0 Å². The van der Waals surface area contributed by atoms with E-state index in [2.05, 4.69) is 24.5 Å². The first-order chi connectivity index (χ1) is 10.3. The van der Waals surface area contributed by atoms with Crippen molar-refractivity contribution in [1.29, 1.82) is 0 Å². The molecule has 122 valence electrons. The molecule has 3 atom stereocenters. The largest absolute Gasteiger partial charge is 0.379 e. The average Bonchev–Trinajstić information content (AvgIpc) is 2.99. The van der Waals surface area contributed by atoms with Crippen molar-refractivity contribution in [2.24, 2.45) is 11.8 Å². The van der Waals surface area contributed by atoms with Crippen LogP contribution >= 0.6 is 0 Å². The van der Waals surface area contributed by atoms with Crippen LogP contribution in [0.4, 0.5) is 0 Å². The summed E-state index contributed by atoms with van der Waals surface area (Å²) in [5, 5.41) is 6.77. The second-order valence-electron chi connectivity index (χ2n) is 6.63. The highest BCUT2D eigenvalue weighted by molar-refractivity contribution is 5.80. The summed E-state index contributed by atoms with van der Waals surface area (Å²) in [5.41, 5.74) is 0. The van der Waals surface area contributed by atoms with Crippen molar-refractivity contribution in [2.75, 3.05) is 19.8 Å². The minimum absolute atomic E-state index is 0.0193. The molecule has 1 heterocycles. The lowest BCUT2D eigenvalue weighted by molar-refractivity contribution is -0.126. The molecule has 3 unspecified atom stereocenters. The standard InChI is InChI=1S/C17H32N2O2/c1-3-10-18-16-12-21-11-14(16)17(20)19-15(4-2)13-8-6-5-7-9-13/h13-16,18H,3-12H2,1-2H3,(H,19,20). The summed E-state index contributed by atoms with van der Waals surface area (Å²) >= 11 is 0. The molecule has 0 aromatic rings. The van der Waals surface area contributed by atoms with Crippen LogP contribution in [0.25, 0.3) is 0 Å². The Kier molecular flexibility index (Phi) is 6.97. The molecule has 0 radical (unpaired) electrons. The molecular weight excluding hydrogens is 264 g/mol. The number of nitrogens with one attached hydrogen (secondary N) is 2. The summed E-state index contributed by atoms with van der Waals surface area (Å²) in [6, 6.07) is 0.541. The molecule has 1 aliphatic carbocycles. The molecule has 1 saturated heterocycles. The molecule has 0 aromatic heterocycles. The van der Waals surface area contributed by atoms with Crippen molar-refractivity contribution in [3.8, 4) is 0 Å². The van der Waals surface area contributed by atoms with Gasteiger partial charge in [0.1, 0.15) is 0 Å². The van der Waals surface area contributed by atoms with Gasteiger partial charge in [-0.25, -0.2) is 0 Å². The van der Waals surface area contributed by atoms with Crippen LogP contribution in [0.1, 0.15) is 58.8 Å². The monoisotopic (exact) mass is 296 g/mol. The van der Waals surface area contributed by atoms with Crippen LogP contribution in [-0.2, 0) is 9.53 Å². The lowest BCUT2D eigenvalue weighted by Gasteiger charge is -2.31. The quantitative estimate of drug-likeness (QED) is 0.759. The molecule has 2 N–H and O–H groups in total. The Hall–Kier alpha value is -0.610. The molecule has 2 aliphatic rings. The van der Waals surface area contributed by atoms with E-state index >= 15 is 0 Å². The molecule has 0 spiro atoms. The molecule has 0 aromatic carbocycles. The average molecular weight is 296 g/mol. The molecule has 1 saturated carbocycles. The normalized spacial score (nSPS) is 28.5. The molecule has 21 heavy (non-hydrogen) atoms. The number of amides is 1. The number of carbonyl (C=O) groups is 1. The molecular formula is C17H32N2O2. The molecule has 2 rings (SSSR count). The fraction of sp³-hybridized carbons (Fsp3) is 0.941. The molecule has 2 fully saturated rings. The molecule has 4 nitrogen and oxygen atoms in total. The Morgan fingerprint density at radius 2 is 1.95 bits per heavy atom. The van der Waals surface area contributed by atoms with E-state index in [0.29, 0.717) is 25.2 Å². The van der Waals surface area contributed by atoms with Gasteiger partial charge in [0.25, 0.3) is 0 Å². The number of carbonyl (C=O) groups excluding carboxylic acids is 1. The fourth-order valence-corrected chi connectivity index (χ4v) is 3.72.